The van der Waals surface area contributed by atoms with Crippen LogP contribution in [0.15, 0.2) is 4.52 Å². The van der Waals surface area contributed by atoms with Gasteiger partial charge in [0.2, 0.25) is 0 Å². The third kappa shape index (κ3) is 1.45. The van der Waals surface area contributed by atoms with Crippen molar-refractivity contribution in [2.75, 3.05) is 11.5 Å². The van der Waals surface area contributed by atoms with Crippen LogP contribution >= 0.6 is 11.8 Å². The Bertz CT molecular complexity index is 261. The minimum absolute atomic E-state index is 0.187. The summed E-state index contributed by atoms with van der Waals surface area (Å²) in [7, 11) is 0. The van der Waals surface area contributed by atoms with Crippen LogP contribution in [0.3, 0.4) is 0 Å². The average molecular weight is 187 g/mol. The predicted octanol–water partition coefficient (Wildman–Crippen LogP) is 0.290. The summed E-state index contributed by atoms with van der Waals surface area (Å²) in [5.74, 6) is 8.72. The van der Waals surface area contributed by atoms with Crippen LogP contribution in [0.1, 0.15) is 17.6 Å². The summed E-state index contributed by atoms with van der Waals surface area (Å²) in [5, 5.41) is 3.82. The predicted molar refractivity (Wildman–Crippen MR) is 43.3 cm³/mol. The van der Waals surface area contributed by atoms with Gasteiger partial charge < -0.3 is 4.52 Å². The molecule has 0 bridgehead atoms. The van der Waals surface area contributed by atoms with E-state index in [0.717, 1.165) is 17.3 Å². The van der Waals surface area contributed by atoms with Gasteiger partial charge in [0.05, 0.1) is 0 Å². The number of thioether (sulfide) groups is 1. The van der Waals surface area contributed by atoms with Crippen molar-refractivity contribution in [3.8, 4) is 0 Å². The van der Waals surface area contributed by atoms with E-state index >= 15 is 0 Å². The Morgan fingerprint density at radius 1 is 1.67 bits per heavy atom. The van der Waals surface area contributed by atoms with Crippen LogP contribution in [0.4, 0.5) is 0 Å². The minimum Gasteiger partial charge on any atom is -0.337 e. The summed E-state index contributed by atoms with van der Waals surface area (Å²) in [6.45, 7) is 0.187. The number of rotatable bonds is 3. The van der Waals surface area contributed by atoms with Crippen molar-refractivity contribution < 1.29 is 9.36 Å². The largest absolute Gasteiger partial charge is 0.337 e. The van der Waals surface area contributed by atoms with Crippen molar-refractivity contribution in [2.24, 2.45) is 5.90 Å². The van der Waals surface area contributed by atoms with Gasteiger partial charge in [-0.3, -0.25) is 4.84 Å². The first kappa shape index (κ1) is 8.03. The molecule has 0 unspecified atom stereocenters. The molecule has 0 saturated carbocycles. The summed E-state index contributed by atoms with van der Waals surface area (Å²) in [5.41, 5.74) is 0. The molecule has 1 aliphatic rings. The smallest absolute Gasteiger partial charge is 0.254 e. The van der Waals surface area contributed by atoms with Crippen LogP contribution in [0.2, 0.25) is 0 Å². The first-order valence-corrected chi connectivity index (χ1v) is 4.77. The topological polar surface area (TPSA) is 74.2 Å². The second-order valence-electron chi connectivity index (χ2n) is 2.59. The van der Waals surface area contributed by atoms with E-state index in [4.69, 9.17) is 10.4 Å². The average Bonchev–Trinajstić information content (AvgIpc) is 2.34. The second-order valence-corrected chi connectivity index (χ2v) is 3.67. The zero-order chi connectivity index (χ0) is 8.39. The van der Waals surface area contributed by atoms with Crippen molar-refractivity contribution in [3.63, 3.8) is 0 Å². The molecule has 0 atom stereocenters. The van der Waals surface area contributed by atoms with Crippen molar-refractivity contribution in [1.29, 1.82) is 0 Å². The molecule has 1 fully saturated rings. The third-order valence-electron chi connectivity index (χ3n) is 1.69. The standard InChI is InChI=1S/C6H9N3O2S/c7-10-1-5-8-6(9-11-5)4-2-12-3-4/h4H,1-3,7H2. The van der Waals surface area contributed by atoms with Gasteiger partial charge in [-0.2, -0.15) is 16.7 Å². The molecule has 12 heavy (non-hydrogen) atoms. The van der Waals surface area contributed by atoms with E-state index in [0.29, 0.717) is 11.8 Å². The van der Waals surface area contributed by atoms with Crippen molar-refractivity contribution in [1.82, 2.24) is 10.1 Å². The molecule has 5 nitrogen and oxygen atoms in total. The van der Waals surface area contributed by atoms with Crippen molar-refractivity contribution in [3.05, 3.63) is 11.7 Å². The lowest BCUT2D eigenvalue weighted by molar-refractivity contribution is 0.0995. The Morgan fingerprint density at radius 2 is 2.50 bits per heavy atom. The van der Waals surface area contributed by atoms with Gasteiger partial charge in [0.15, 0.2) is 5.82 Å². The maximum atomic E-state index is 4.89. The molecule has 66 valence electrons. The Kier molecular flexibility index (Phi) is 2.29. The highest BCUT2D eigenvalue weighted by molar-refractivity contribution is 8.00. The van der Waals surface area contributed by atoms with E-state index in [1.165, 1.54) is 0 Å². The lowest BCUT2D eigenvalue weighted by Gasteiger charge is -2.20. The molecule has 1 saturated heterocycles. The van der Waals surface area contributed by atoms with Crippen LogP contribution in [-0.2, 0) is 11.4 Å². The number of nitrogens with zero attached hydrogens (tertiary/aromatic N) is 2. The first-order chi connectivity index (χ1) is 5.90. The summed E-state index contributed by atoms with van der Waals surface area (Å²) < 4.78 is 4.89. The number of hydrogen-bond acceptors (Lipinski definition) is 6. The maximum absolute atomic E-state index is 4.89. The zero-order valence-corrected chi connectivity index (χ0v) is 7.21. The molecule has 2 N–H and O–H groups in total. The summed E-state index contributed by atoms with van der Waals surface area (Å²) in [6, 6.07) is 0. The van der Waals surface area contributed by atoms with Gasteiger partial charge in [-0.15, -0.1) is 0 Å². The number of hydrogen-bond donors (Lipinski definition) is 1. The molecule has 0 aliphatic carbocycles. The molecule has 0 amide bonds. The van der Waals surface area contributed by atoms with Crippen LogP contribution in [0, 0.1) is 0 Å². The number of nitrogens with two attached hydrogens (primary N) is 1. The quantitative estimate of drug-likeness (QED) is 0.685. The van der Waals surface area contributed by atoms with E-state index in [-0.39, 0.29) is 6.61 Å². The van der Waals surface area contributed by atoms with E-state index in [1.807, 2.05) is 11.8 Å². The van der Waals surface area contributed by atoms with E-state index in [1.54, 1.807) is 0 Å². The third-order valence-corrected chi connectivity index (χ3v) is 2.97. The Balaban J connectivity index is 2.02. The van der Waals surface area contributed by atoms with E-state index < -0.39 is 0 Å². The van der Waals surface area contributed by atoms with Gasteiger partial charge in [-0.1, -0.05) is 5.16 Å². The molecule has 1 aromatic heterocycles. The van der Waals surface area contributed by atoms with Crippen molar-refractivity contribution >= 4 is 11.8 Å². The van der Waals surface area contributed by atoms with E-state index in [9.17, 15) is 0 Å². The van der Waals surface area contributed by atoms with Gasteiger partial charge in [-0.25, -0.2) is 5.90 Å². The first-order valence-electron chi connectivity index (χ1n) is 3.62. The molecule has 2 rings (SSSR count). The Labute approximate surface area is 73.6 Å². The lowest BCUT2D eigenvalue weighted by Crippen LogP contribution is -2.16. The monoisotopic (exact) mass is 187 g/mol. The minimum atomic E-state index is 0.187. The van der Waals surface area contributed by atoms with Crippen LogP contribution < -0.4 is 5.90 Å². The summed E-state index contributed by atoms with van der Waals surface area (Å²) in [4.78, 5) is 8.50. The molecule has 1 aliphatic heterocycles. The number of aromatic nitrogens is 2. The van der Waals surface area contributed by atoms with Gasteiger partial charge in [0.1, 0.15) is 6.61 Å². The Morgan fingerprint density at radius 3 is 3.08 bits per heavy atom. The SMILES string of the molecule is NOCc1nc(C2CSC2)no1. The Hall–Kier alpha value is -0.590. The lowest BCUT2D eigenvalue weighted by atomic mass is 10.2. The molecule has 2 heterocycles. The maximum Gasteiger partial charge on any atom is 0.254 e. The molecule has 6 heteroatoms. The fourth-order valence-corrected chi connectivity index (χ4v) is 1.72. The zero-order valence-electron chi connectivity index (χ0n) is 6.40. The summed E-state index contributed by atoms with van der Waals surface area (Å²) in [6.07, 6.45) is 0. The van der Waals surface area contributed by atoms with Crippen LogP contribution in [-0.4, -0.2) is 21.6 Å². The molecular formula is C6H9N3O2S. The summed E-state index contributed by atoms with van der Waals surface area (Å²) >= 11 is 1.88. The van der Waals surface area contributed by atoms with E-state index in [2.05, 4.69) is 15.0 Å². The highest BCUT2D eigenvalue weighted by Gasteiger charge is 2.25. The molecule has 0 radical (unpaired) electrons. The second kappa shape index (κ2) is 3.42. The van der Waals surface area contributed by atoms with Gasteiger partial charge >= 0.3 is 0 Å². The fraction of sp³-hybridized carbons (Fsp3) is 0.667. The molecule has 0 spiro atoms. The van der Waals surface area contributed by atoms with Gasteiger partial charge in [-0.05, 0) is 0 Å². The molecular weight excluding hydrogens is 178 g/mol. The fourth-order valence-electron chi connectivity index (χ4n) is 0.949. The van der Waals surface area contributed by atoms with Crippen LogP contribution in [0.5, 0.6) is 0 Å². The normalized spacial score (nSPS) is 17.8. The van der Waals surface area contributed by atoms with Gasteiger partial charge in [0, 0.05) is 17.4 Å². The highest BCUT2D eigenvalue weighted by atomic mass is 32.2. The molecule has 1 aromatic rings. The highest BCUT2D eigenvalue weighted by Crippen LogP contribution is 2.31. The van der Waals surface area contributed by atoms with Gasteiger partial charge in [0.25, 0.3) is 5.89 Å². The van der Waals surface area contributed by atoms with Crippen LogP contribution in [0.25, 0.3) is 0 Å². The van der Waals surface area contributed by atoms with Crippen molar-refractivity contribution in [2.45, 2.75) is 12.5 Å². The molecule has 0 aromatic carbocycles.